The summed E-state index contributed by atoms with van der Waals surface area (Å²) in [4.78, 5) is 11.4. The van der Waals surface area contributed by atoms with Crippen LogP contribution in [0.25, 0.3) is 5.69 Å². The number of nitrogens with zero attached hydrogens (tertiary/aromatic N) is 2. The van der Waals surface area contributed by atoms with E-state index in [1.807, 2.05) is 36.5 Å². The normalized spacial score (nSPS) is 14.3. The average Bonchev–Trinajstić information content (AvgIpc) is 2.83. The second kappa shape index (κ2) is 3.05. The fourth-order valence-electron chi connectivity index (χ4n) is 1.91. The molecule has 1 aliphatic carbocycles. The lowest BCUT2D eigenvalue weighted by molar-refractivity contribution is 0.0989. The highest BCUT2D eigenvalue weighted by Gasteiger charge is 2.23. The summed E-state index contributed by atoms with van der Waals surface area (Å²) >= 11 is 0. The SMILES string of the molecule is O=C1CCc2cn(-c3ccccc3)nc21. The molecule has 0 N–H and O–H groups in total. The van der Waals surface area contributed by atoms with Gasteiger partial charge in [-0.25, -0.2) is 4.68 Å². The number of para-hydroxylation sites is 1. The summed E-state index contributed by atoms with van der Waals surface area (Å²) in [6.07, 6.45) is 3.41. The monoisotopic (exact) mass is 198 g/mol. The van der Waals surface area contributed by atoms with Crippen molar-refractivity contribution in [1.82, 2.24) is 9.78 Å². The zero-order valence-corrected chi connectivity index (χ0v) is 8.18. The molecule has 0 unspecified atom stereocenters. The second-order valence-corrected chi connectivity index (χ2v) is 3.71. The van der Waals surface area contributed by atoms with Crippen molar-refractivity contribution in [3.8, 4) is 5.69 Å². The summed E-state index contributed by atoms with van der Waals surface area (Å²) < 4.78 is 1.78. The first-order valence-electron chi connectivity index (χ1n) is 5.02. The Morgan fingerprint density at radius 3 is 2.67 bits per heavy atom. The maximum Gasteiger partial charge on any atom is 0.183 e. The van der Waals surface area contributed by atoms with Crippen LogP contribution in [0.2, 0.25) is 0 Å². The van der Waals surface area contributed by atoms with E-state index in [4.69, 9.17) is 0 Å². The summed E-state index contributed by atoms with van der Waals surface area (Å²) in [6, 6.07) is 9.85. The van der Waals surface area contributed by atoms with Crippen LogP contribution >= 0.6 is 0 Å². The predicted molar refractivity (Wildman–Crippen MR) is 56.2 cm³/mol. The first-order valence-corrected chi connectivity index (χ1v) is 5.02. The fourth-order valence-corrected chi connectivity index (χ4v) is 1.91. The standard InChI is InChI=1S/C12H10N2O/c15-11-7-6-9-8-14(13-12(9)11)10-4-2-1-3-5-10/h1-5,8H,6-7H2. The Bertz CT molecular complexity index is 514. The molecule has 0 fully saturated rings. The topological polar surface area (TPSA) is 34.9 Å². The number of Topliss-reactive ketones (excluding diaryl/α,β-unsaturated/α-hetero) is 1. The zero-order chi connectivity index (χ0) is 10.3. The van der Waals surface area contributed by atoms with Crippen LogP contribution in [0.15, 0.2) is 36.5 Å². The first-order chi connectivity index (χ1) is 7.34. The van der Waals surface area contributed by atoms with Crippen LogP contribution in [0.5, 0.6) is 0 Å². The van der Waals surface area contributed by atoms with Gasteiger partial charge in [-0.15, -0.1) is 0 Å². The van der Waals surface area contributed by atoms with E-state index in [1.54, 1.807) is 4.68 Å². The number of fused-ring (bicyclic) bond motifs is 1. The highest BCUT2D eigenvalue weighted by Crippen LogP contribution is 2.21. The Morgan fingerprint density at radius 1 is 1.13 bits per heavy atom. The maximum atomic E-state index is 11.4. The van der Waals surface area contributed by atoms with Gasteiger partial charge >= 0.3 is 0 Å². The molecule has 1 aromatic carbocycles. The quantitative estimate of drug-likeness (QED) is 0.702. The molecule has 74 valence electrons. The number of hydrogen-bond donors (Lipinski definition) is 0. The molecule has 0 radical (unpaired) electrons. The number of hydrogen-bond acceptors (Lipinski definition) is 2. The summed E-state index contributed by atoms with van der Waals surface area (Å²) in [6.45, 7) is 0. The van der Waals surface area contributed by atoms with Crippen molar-refractivity contribution < 1.29 is 4.79 Å². The Balaban J connectivity index is 2.09. The van der Waals surface area contributed by atoms with E-state index in [2.05, 4.69) is 5.10 Å². The van der Waals surface area contributed by atoms with Gasteiger partial charge in [-0.2, -0.15) is 5.10 Å². The molecule has 15 heavy (non-hydrogen) atoms. The van der Waals surface area contributed by atoms with Gasteiger partial charge in [-0.3, -0.25) is 4.79 Å². The minimum Gasteiger partial charge on any atom is -0.292 e. The van der Waals surface area contributed by atoms with Gasteiger partial charge in [-0.05, 0) is 18.6 Å². The highest BCUT2D eigenvalue weighted by molar-refractivity contribution is 5.98. The van der Waals surface area contributed by atoms with Gasteiger partial charge in [0, 0.05) is 18.2 Å². The van der Waals surface area contributed by atoms with E-state index in [0.717, 1.165) is 17.7 Å². The molecule has 0 atom stereocenters. The van der Waals surface area contributed by atoms with E-state index >= 15 is 0 Å². The largest absolute Gasteiger partial charge is 0.292 e. The molecule has 3 heteroatoms. The lowest BCUT2D eigenvalue weighted by Gasteiger charge is -1.99. The third-order valence-corrected chi connectivity index (χ3v) is 2.70. The molecular weight excluding hydrogens is 188 g/mol. The van der Waals surface area contributed by atoms with Crippen molar-refractivity contribution in [2.45, 2.75) is 12.8 Å². The van der Waals surface area contributed by atoms with Crippen molar-refractivity contribution in [3.63, 3.8) is 0 Å². The van der Waals surface area contributed by atoms with E-state index in [9.17, 15) is 4.79 Å². The number of aromatic nitrogens is 2. The van der Waals surface area contributed by atoms with Gasteiger partial charge < -0.3 is 0 Å². The molecule has 1 aliphatic rings. The number of carbonyl (C=O) groups excluding carboxylic acids is 1. The van der Waals surface area contributed by atoms with Crippen LogP contribution in [-0.4, -0.2) is 15.6 Å². The van der Waals surface area contributed by atoms with Gasteiger partial charge in [-0.1, -0.05) is 18.2 Å². The van der Waals surface area contributed by atoms with Crippen LogP contribution in [0.4, 0.5) is 0 Å². The predicted octanol–water partition coefficient (Wildman–Crippen LogP) is 2.00. The molecule has 0 saturated heterocycles. The molecule has 1 heterocycles. The van der Waals surface area contributed by atoms with Crippen molar-refractivity contribution in [3.05, 3.63) is 47.8 Å². The molecule has 0 amide bonds. The number of carbonyl (C=O) groups is 1. The highest BCUT2D eigenvalue weighted by atomic mass is 16.1. The minimum absolute atomic E-state index is 0.166. The number of benzene rings is 1. The van der Waals surface area contributed by atoms with E-state index in [1.165, 1.54) is 0 Å². The Hall–Kier alpha value is -1.90. The van der Waals surface area contributed by atoms with Crippen LogP contribution < -0.4 is 0 Å². The molecule has 3 nitrogen and oxygen atoms in total. The Morgan fingerprint density at radius 2 is 1.93 bits per heavy atom. The molecule has 0 bridgehead atoms. The van der Waals surface area contributed by atoms with E-state index < -0.39 is 0 Å². The van der Waals surface area contributed by atoms with Gasteiger partial charge in [0.05, 0.1) is 5.69 Å². The van der Waals surface area contributed by atoms with Crippen LogP contribution in [0, 0.1) is 0 Å². The third-order valence-electron chi connectivity index (χ3n) is 2.70. The molecule has 3 rings (SSSR count). The van der Waals surface area contributed by atoms with Gasteiger partial charge in [0.25, 0.3) is 0 Å². The molecule has 1 aromatic heterocycles. The summed E-state index contributed by atoms with van der Waals surface area (Å²) in [5, 5.41) is 4.31. The summed E-state index contributed by atoms with van der Waals surface area (Å²) in [5.74, 6) is 0.166. The first kappa shape index (κ1) is 8.41. The van der Waals surface area contributed by atoms with Crippen molar-refractivity contribution in [2.75, 3.05) is 0 Å². The smallest absolute Gasteiger partial charge is 0.183 e. The lowest BCUT2D eigenvalue weighted by atomic mass is 10.3. The lowest BCUT2D eigenvalue weighted by Crippen LogP contribution is -1.99. The molecular formula is C12H10N2O. The fraction of sp³-hybridized carbons (Fsp3) is 0.167. The van der Waals surface area contributed by atoms with E-state index in [0.29, 0.717) is 12.1 Å². The number of rotatable bonds is 1. The van der Waals surface area contributed by atoms with Gasteiger partial charge in [0.15, 0.2) is 5.78 Å². The minimum atomic E-state index is 0.166. The van der Waals surface area contributed by atoms with E-state index in [-0.39, 0.29) is 5.78 Å². The molecule has 0 aliphatic heterocycles. The number of ketones is 1. The van der Waals surface area contributed by atoms with Crippen LogP contribution in [0.1, 0.15) is 22.5 Å². The van der Waals surface area contributed by atoms with Crippen molar-refractivity contribution >= 4 is 5.78 Å². The summed E-state index contributed by atoms with van der Waals surface area (Å²) in [7, 11) is 0. The Kier molecular flexibility index (Phi) is 1.71. The number of aryl methyl sites for hydroxylation is 1. The van der Waals surface area contributed by atoms with Crippen LogP contribution in [-0.2, 0) is 6.42 Å². The third kappa shape index (κ3) is 1.28. The molecule has 0 spiro atoms. The summed E-state index contributed by atoms with van der Waals surface area (Å²) in [5.41, 5.74) is 2.72. The van der Waals surface area contributed by atoms with Crippen molar-refractivity contribution in [1.29, 1.82) is 0 Å². The Labute approximate surface area is 87.3 Å². The van der Waals surface area contributed by atoms with Gasteiger partial charge in [0.2, 0.25) is 0 Å². The van der Waals surface area contributed by atoms with Gasteiger partial charge in [0.1, 0.15) is 5.69 Å². The maximum absolute atomic E-state index is 11.4. The molecule has 0 saturated carbocycles. The molecule has 2 aromatic rings. The zero-order valence-electron chi connectivity index (χ0n) is 8.18. The van der Waals surface area contributed by atoms with Crippen molar-refractivity contribution in [2.24, 2.45) is 0 Å². The second-order valence-electron chi connectivity index (χ2n) is 3.71. The average molecular weight is 198 g/mol. The van der Waals surface area contributed by atoms with Crippen LogP contribution in [0.3, 0.4) is 0 Å².